The van der Waals surface area contributed by atoms with Crippen LogP contribution in [0.1, 0.15) is 65.0 Å². The third kappa shape index (κ3) is 14.1. The molecule has 1 aliphatic heterocycles. The Kier molecular flexibility index (Phi) is 17.5. The summed E-state index contributed by atoms with van der Waals surface area (Å²) in [6.07, 6.45) is 1.18. The number of rotatable bonds is 21. The van der Waals surface area contributed by atoms with Gasteiger partial charge in [0.25, 0.3) is 0 Å². The van der Waals surface area contributed by atoms with E-state index in [1.165, 1.54) is 6.92 Å². The number of hydrogen-bond acceptors (Lipinski definition) is 10. The van der Waals surface area contributed by atoms with Gasteiger partial charge < -0.3 is 47.1 Å². The largest absolute Gasteiger partial charge is 0.394 e. The summed E-state index contributed by atoms with van der Waals surface area (Å²) < 4.78 is 5.39. The first kappa shape index (κ1) is 44.5. The highest BCUT2D eigenvalue weighted by Gasteiger charge is 2.50. The molecular weight excluding hydrogens is 692 g/mol. The van der Waals surface area contributed by atoms with Gasteiger partial charge in [-0.1, -0.05) is 88.4 Å². The summed E-state index contributed by atoms with van der Waals surface area (Å²) in [6.45, 7) is 10.3. The van der Waals surface area contributed by atoms with Crippen molar-refractivity contribution >= 4 is 23.6 Å². The van der Waals surface area contributed by atoms with E-state index in [4.69, 9.17) is 10.5 Å². The standard InChI is InChI=1S/C40H62N6O8/c1-27(2)22-32(43-36(49)31(17-16-29-12-8-6-9-13-29)42-35(48)25-46-18-20-54-21-19-46)37(50)44-33(24-30-14-10-7-11-15-30)38(51)45-34(23-28(3)4)40(52,53)39(5,41)26-47/h6-15,27-28,31-34,47,52-53H,16-26,41H2,1-5H3,(H,42,48)(H,43,49)(H,44,50)(H,45,51)/t31-,32-,33-,34-,39-/m0/s1. The smallest absolute Gasteiger partial charge is 0.243 e. The SMILES string of the molecule is CC(C)C[C@H](NC(=O)[C@H](CCc1ccccc1)NC(=O)CN1CCOCC1)C(=O)N[C@@H](Cc1ccccc1)C(=O)N[C@@H](CC(C)C)C(O)(O)[C@@](C)(N)CO. The van der Waals surface area contributed by atoms with Crippen molar-refractivity contribution < 1.29 is 39.2 Å². The molecule has 2 aromatic rings. The Bertz CT molecular complexity index is 1470. The van der Waals surface area contributed by atoms with Crippen molar-refractivity contribution in [2.45, 2.75) is 102 Å². The molecule has 1 saturated heterocycles. The molecule has 1 fully saturated rings. The van der Waals surface area contributed by atoms with Gasteiger partial charge in [-0.05, 0) is 55.6 Å². The van der Waals surface area contributed by atoms with Crippen LogP contribution in [0.3, 0.4) is 0 Å². The van der Waals surface area contributed by atoms with Crippen molar-refractivity contribution in [1.29, 1.82) is 0 Å². The maximum atomic E-state index is 14.1. The normalized spacial score (nSPS) is 17.2. The Balaban J connectivity index is 1.86. The van der Waals surface area contributed by atoms with Gasteiger partial charge >= 0.3 is 0 Å². The first-order valence-corrected chi connectivity index (χ1v) is 18.9. The molecule has 0 saturated carbocycles. The minimum atomic E-state index is -2.71. The van der Waals surface area contributed by atoms with Crippen molar-refractivity contribution in [2.24, 2.45) is 17.6 Å². The number of nitrogens with two attached hydrogens (primary N) is 1. The highest BCUT2D eigenvalue weighted by molar-refractivity contribution is 5.94. The van der Waals surface area contributed by atoms with Crippen molar-refractivity contribution in [2.75, 3.05) is 39.5 Å². The number of carbonyl (C=O) groups is 4. The highest BCUT2D eigenvalue weighted by Crippen LogP contribution is 2.25. The zero-order chi connectivity index (χ0) is 39.9. The molecule has 14 nitrogen and oxygen atoms in total. The molecule has 14 heteroatoms. The van der Waals surface area contributed by atoms with E-state index in [1.807, 2.05) is 69.0 Å². The maximum absolute atomic E-state index is 14.1. The summed E-state index contributed by atoms with van der Waals surface area (Å²) >= 11 is 0. The van der Waals surface area contributed by atoms with Crippen LogP contribution in [0.25, 0.3) is 0 Å². The third-order valence-electron chi connectivity index (χ3n) is 9.62. The van der Waals surface area contributed by atoms with Crippen molar-refractivity contribution in [1.82, 2.24) is 26.2 Å². The Labute approximate surface area is 319 Å². The molecule has 9 N–H and O–H groups in total. The zero-order valence-corrected chi connectivity index (χ0v) is 32.4. The van der Waals surface area contributed by atoms with Gasteiger partial charge in [-0.3, -0.25) is 24.1 Å². The number of ether oxygens (including phenoxy) is 1. The predicted molar refractivity (Wildman–Crippen MR) is 206 cm³/mol. The second kappa shape index (κ2) is 21.2. The number of nitrogens with one attached hydrogen (secondary N) is 4. The van der Waals surface area contributed by atoms with E-state index in [-0.39, 0.29) is 50.0 Å². The third-order valence-corrected chi connectivity index (χ3v) is 9.62. The first-order chi connectivity index (χ1) is 25.5. The molecule has 0 spiro atoms. The number of benzene rings is 2. The van der Waals surface area contributed by atoms with Crippen LogP contribution in [0.4, 0.5) is 0 Å². The second-order valence-corrected chi connectivity index (χ2v) is 15.5. The molecule has 0 aliphatic carbocycles. The molecule has 5 atom stereocenters. The summed E-state index contributed by atoms with van der Waals surface area (Å²) in [5.41, 5.74) is 5.90. The molecular formula is C40H62N6O8. The number of nitrogens with zero attached hydrogens (tertiary/aromatic N) is 1. The van der Waals surface area contributed by atoms with Gasteiger partial charge in [0, 0.05) is 19.5 Å². The summed E-state index contributed by atoms with van der Waals surface area (Å²) in [5, 5.41) is 43.4. The Morgan fingerprint density at radius 1 is 0.759 bits per heavy atom. The van der Waals surface area contributed by atoms with Crippen LogP contribution in [-0.4, -0.2) is 119 Å². The van der Waals surface area contributed by atoms with E-state index >= 15 is 0 Å². The van der Waals surface area contributed by atoms with Crippen molar-refractivity contribution in [3.63, 3.8) is 0 Å². The van der Waals surface area contributed by atoms with E-state index in [9.17, 15) is 34.5 Å². The van der Waals surface area contributed by atoms with E-state index in [0.29, 0.717) is 32.7 Å². The second-order valence-electron chi connectivity index (χ2n) is 15.5. The minimum Gasteiger partial charge on any atom is -0.394 e. The predicted octanol–water partition coefficient (Wildman–Crippen LogP) is 0.616. The molecule has 3 rings (SSSR count). The summed E-state index contributed by atoms with van der Waals surface area (Å²) in [4.78, 5) is 57.2. The van der Waals surface area contributed by atoms with Crippen LogP contribution in [-0.2, 0) is 36.8 Å². The van der Waals surface area contributed by atoms with E-state index in [1.54, 1.807) is 24.3 Å². The van der Waals surface area contributed by atoms with E-state index < -0.39 is 59.8 Å². The molecule has 54 heavy (non-hydrogen) atoms. The summed E-state index contributed by atoms with van der Waals surface area (Å²) in [6, 6.07) is 14.1. The van der Waals surface area contributed by atoms with Gasteiger partial charge in [-0.15, -0.1) is 0 Å². The average molecular weight is 755 g/mol. The molecule has 1 heterocycles. The first-order valence-electron chi connectivity index (χ1n) is 18.9. The highest BCUT2D eigenvalue weighted by atomic mass is 16.5. The molecule has 1 aliphatic rings. The van der Waals surface area contributed by atoms with E-state index in [2.05, 4.69) is 21.3 Å². The number of aliphatic hydroxyl groups is 3. The number of carbonyl (C=O) groups excluding carboxylic acids is 4. The Hall–Kier alpha value is -3.92. The molecule has 0 radical (unpaired) electrons. The fraction of sp³-hybridized carbons (Fsp3) is 0.600. The lowest BCUT2D eigenvalue weighted by molar-refractivity contribution is -0.234. The zero-order valence-electron chi connectivity index (χ0n) is 32.4. The van der Waals surface area contributed by atoms with Crippen molar-refractivity contribution in [3.8, 4) is 0 Å². The van der Waals surface area contributed by atoms with Gasteiger partial charge in [-0.25, -0.2) is 0 Å². The monoisotopic (exact) mass is 754 g/mol. The summed E-state index contributed by atoms with van der Waals surface area (Å²) in [5.74, 6) is -5.03. The van der Waals surface area contributed by atoms with E-state index in [0.717, 1.165) is 11.1 Å². The molecule has 4 amide bonds. The fourth-order valence-electron chi connectivity index (χ4n) is 6.32. The van der Waals surface area contributed by atoms with Gasteiger partial charge in [0.1, 0.15) is 18.1 Å². The molecule has 0 aromatic heterocycles. The number of aliphatic hydroxyl groups excluding tert-OH is 1. The Morgan fingerprint density at radius 2 is 1.28 bits per heavy atom. The van der Waals surface area contributed by atoms with Gasteiger partial charge in [0.05, 0.1) is 37.9 Å². The topological polar surface area (TPSA) is 216 Å². The number of hydrogen-bond donors (Lipinski definition) is 8. The average Bonchev–Trinajstić information content (AvgIpc) is 3.13. The number of amides is 4. The molecule has 0 bridgehead atoms. The summed E-state index contributed by atoms with van der Waals surface area (Å²) in [7, 11) is 0. The molecule has 0 unspecified atom stereocenters. The fourth-order valence-corrected chi connectivity index (χ4v) is 6.32. The van der Waals surface area contributed by atoms with Crippen LogP contribution in [0.5, 0.6) is 0 Å². The van der Waals surface area contributed by atoms with Crippen molar-refractivity contribution in [3.05, 3.63) is 71.8 Å². The van der Waals surface area contributed by atoms with Crippen LogP contribution in [0.15, 0.2) is 60.7 Å². The van der Waals surface area contributed by atoms with Crippen LogP contribution < -0.4 is 27.0 Å². The lowest BCUT2D eigenvalue weighted by Crippen LogP contribution is -2.71. The quantitative estimate of drug-likeness (QED) is 0.0832. The van der Waals surface area contributed by atoms with Crippen LogP contribution >= 0.6 is 0 Å². The van der Waals surface area contributed by atoms with Crippen LogP contribution in [0.2, 0.25) is 0 Å². The van der Waals surface area contributed by atoms with Gasteiger partial charge in [-0.2, -0.15) is 0 Å². The van der Waals surface area contributed by atoms with Crippen LogP contribution in [0, 0.1) is 11.8 Å². The lowest BCUT2D eigenvalue weighted by atomic mass is 9.83. The van der Waals surface area contributed by atoms with Gasteiger partial charge in [0.15, 0.2) is 0 Å². The number of aryl methyl sites for hydroxylation is 1. The molecule has 300 valence electrons. The maximum Gasteiger partial charge on any atom is 0.243 e. The van der Waals surface area contributed by atoms with Gasteiger partial charge in [0.2, 0.25) is 29.4 Å². The minimum absolute atomic E-state index is 0.0401. The molecule has 2 aromatic carbocycles. The lowest BCUT2D eigenvalue weighted by Gasteiger charge is -2.43. The Morgan fingerprint density at radius 3 is 1.83 bits per heavy atom. The number of morpholine rings is 1.